The van der Waals surface area contributed by atoms with E-state index in [0.29, 0.717) is 18.2 Å². The Morgan fingerprint density at radius 2 is 1.85 bits per heavy atom. The van der Waals surface area contributed by atoms with Gasteiger partial charge in [-0.05, 0) is 36.0 Å². The fourth-order valence-corrected chi connectivity index (χ4v) is 2.57. The van der Waals surface area contributed by atoms with Gasteiger partial charge in [-0.1, -0.05) is 44.2 Å². The minimum Gasteiger partial charge on any atom is -0.376 e. The number of aryl methyl sites for hydroxylation is 1. The number of nitro benzene ring substituents is 1. The van der Waals surface area contributed by atoms with E-state index in [2.05, 4.69) is 48.7 Å². The Labute approximate surface area is 153 Å². The van der Waals surface area contributed by atoms with Crippen molar-refractivity contribution in [1.82, 2.24) is 5.32 Å². The molecule has 2 aromatic rings. The van der Waals surface area contributed by atoms with E-state index in [4.69, 9.17) is 0 Å². The summed E-state index contributed by atoms with van der Waals surface area (Å²) in [6.45, 7) is 6.78. The summed E-state index contributed by atoms with van der Waals surface area (Å²) in [5.41, 5.74) is 3.93. The molecule has 138 valence electrons. The Kier molecular flexibility index (Phi) is 6.72. The highest BCUT2D eigenvalue weighted by Gasteiger charge is 2.09. The van der Waals surface area contributed by atoms with E-state index < -0.39 is 4.92 Å². The molecule has 0 aliphatic rings. The average molecular weight is 355 g/mol. The molecule has 0 heterocycles. The molecule has 0 aliphatic carbocycles. The fraction of sp³-hybridized carbons (Fsp3) is 0.350. The number of rotatable bonds is 8. The molecule has 2 aromatic carbocycles. The Morgan fingerprint density at radius 3 is 2.46 bits per heavy atom. The molecule has 0 spiro atoms. The third-order valence-corrected chi connectivity index (χ3v) is 4.25. The normalized spacial score (nSPS) is 10.6. The lowest BCUT2D eigenvalue weighted by Gasteiger charge is -2.10. The molecule has 6 nitrogen and oxygen atoms in total. The van der Waals surface area contributed by atoms with Gasteiger partial charge in [0.05, 0.1) is 11.5 Å². The molecule has 26 heavy (non-hydrogen) atoms. The topological polar surface area (TPSA) is 84.3 Å². The first-order valence-corrected chi connectivity index (χ1v) is 8.71. The van der Waals surface area contributed by atoms with Gasteiger partial charge >= 0.3 is 0 Å². The SMILES string of the molecule is Cc1ccc([N+](=O)[O-])cc1NCC(=O)NCCc1ccc(C(C)C)cc1. The van der Waals surface area contributed by atoms with Gasteiger partial charge in [-0.25, -0.2) is 0 Å². The molecule has 0 aromatic heterocycles. The first kappa shape index (κ1) is 19.4. The van der Waals surface area contributed by atoms with E-state index in [0.717, 1.165) is 12.0 Å². The Hall–Kier alpha value is -2.89. The van der Waals surface area contributed by atoms with Crippen molar-refractivity contribution in [1.29, 1.82) is 0 Å². The number of hydrogen-bond acceptors (Lipinski definition) is 4. The lowest BCUT2D eigenvalue weighted by atomic mass is 10.0. The number of non-ortho nitro benzene ring substituents is 1. The number of hydrogen-bond donors (Lipinski definition) is 2. The summed E-state index contributed by atoms with van der Waals surface area (Å²) in [6.07, 6.45) is 0.764. The second kappa shape index (κ2) is 8.99. The third kappa shape index (κ3) is 5.58. The van der Waals surface area contributed by atoms with E-state index in [1.165, 1.54) is 23.3 Å². The highest BCUT2D eigenvalue weighted by Crippen LogP contribution is 2.21. The number of carbonyl (C=O) groups excluding carboxylic acids is 1. The zero-order valence-corrected chi connectivity index (χ0v) is 15.4. The van der Waals surface area contributed by atoms with E-state index >= 15 is 0 Å². The van der Waals surface area contributed by atoms with Crippen molar-refractivity contribution in [3.63, 3.8) is 0 Å². The average Bonchev–Trinajstić information content (AvgIpc) is 2.61. The van der Waals surface area contributed by atoms with E-state index in [1.807, 2.05) is 6.92 Å². The van der Waals surface area contributed by atoms with Crippen LogP contribution in [-0.4, -0.2) is 23.9 Å². The van der Waals surface area contributed by atoms with Crippen molar-refractivity contribution >= 4 is 17.3 Å². The smallest absolute Gasteiger partial charge is 0.271 e. The van der Waals surface area contributed by atoms with Gasteiger partial charge in [0.15, 0.2) is 0 Å². The van der Waals surface area contributed by atoms with Gasteiger partial charge in [-0.3, -0.25) is 14.9 Å². The van der Waals surface area contributed by atoms with Gasteiger partial charge < -0.3 is 10.6 Å². The van der Waals surface area contributed by atoms with Crippen LogP contribution in [0.2, 0.25) is 0 Å². The number of nitro groups is 1. The van der Waals surface area contributed by atoms with Crippen molar-refractivity contribution in [3.05, 3.63) is 69.3 Å². The number of carbonyl (C=O) groups is 1. The number of amides is 1. The summed E-state index contributed by atoms with van der Waals surface area (Å²) in [4.78, 5) is 22.4. The highest BCUT2D eigenvalue weighted by atomic mass is 16.6. The molecule has 6 heteroatoms. The monoisotopic (exact) mass is 355 g/mol. The summed E-state index contributed by atoms with van der Waals surface area (Å²) in [5.74, 6) is 0.363. The number of nitrogens with one attached hydrogen (secondary N) is 2. The van der Waals surface area contributed by atoms with Crippen molar-refractivity contribution in [2.24, 2.45) is 0 Å². The van der Waals surface area contributed by atoms with Crippen LogP contribution in [0.5, 0.6) is 0 Å². The van der Waals surface area contributed by atoms with Crippen LogP contribution < -0.4 is 10.6 Å². The van der Waals surface area contributed by atoms with E-state index in [9.17, 15) is 14.9 Å². The van der Waals surface area contributed by atoms with Gasteiger partial charge in [0.1, 0.15) is 0 Å². The molecule has 2 rings (SSSR count). The molecule has 0 saturated heterocycles. The van der Waals surface area contributed by atoms with Gasteiger partial charge in [-0.15, -0.1) is 0 Å². The van der Waals surface area contributed by atoms with Crippen LogP contribution in [0.15, 0.2) is 42.5 Å². The quantitative estimate of drug-likeness (QED) is 0.557. The van der Waals surface area contributed by atoms with Crippen molar-refractivity contribution in [2.45, 2.75) is 33.1 Å². The third-order valence-electron chi connectivity index (χ3n) is 4.25. The maximum absolute atomic E-state index is 12.0. The zero-order valence-electron chi connectivity index (χ0n) is 15.4. The molecule has 0 radical (unpaired) electrons. The van der Waals surface area contributed by atoms with Crippen molar-refractivity contribution < 1.29 is 9.72 Å². The van der Waals surface area contributed by atoms with Crippen LogP contribution in [0.1, 0.15) is 36.5 Å². The standard InChI is InChI=1S/C20H25N3O3/c1-14(2)17-7-5-16(6-8-17)10-11-21-20(24)13-22-19-12-18(23(25)26)9-4-15(19)3/h4-9,12,14,22H,10-11,13H2,1-3H3,(H,21,24). The van der Waals surface area contributed by atoms with Crippen LogP contribution in [0, 0.1) is 17.0 Å². The molecule has 0 atom stereocenters. The predicted molar refractivity (Wildman–Crippen MR) is 104 cm³/mol. The zero-order chi connectivity index (χ0) is 19.1. The molecule has 0 aliphatic heterocycles. The second-order valence-corrected chi connectivity index (χ2v) is 6.61. The predicted octanol–water partition coefficient (Wildman–Crippen LogP) is 3.80. The molecule has 0 saturated carbocycles. The van der Waals surface area contributed by atoms with Crippen LogP contribution in [0.25, 0.3) is 0 Å². The first-order chi connectivity index (χ1) is 12.4. The number of nitrogens with zero attached hydrogens (tertiary/aromatic N) is 1. The second-order valence-electron chi connectivity index (χ2n) is 6.61. The fourth-order valence-electron chi connectivity index (χ4n) is 2.57. The molecule has 0 bridgehead atoms. The molecule has 0 unspecified atom stereocenters. The van der Waals surface area contributed by atoms with Gasteiger partial charge in [-0.2, -0.15) is 0 Å². The lowest BCUT2D eigenvalue weighted by molar-refractivity contribution is -0.384. The lowest BCUT2D eigenvalue weighted by Crippen LogP contribution is -2.31. The van der Waals surface area contributed by atoms with Gasteiger partial charge in [0, 0.05) is 24.4 Å². The van der Waals surface area contributed by atoms with Crippen LogP contribution >= 0.6 is 0 Å². The van der Waals surface area contributed by atoms with Gasteiger partial charge in [0.2, 0.25) is 5.91 Å². The minimum absolute atomic E-state index is 0.00310. The highest BCUT2D eigenvalue weighted by molar-refractivity contribution is 5.81. The molecular formula is C20H25N3O3. The largest absolute Gasteiger partial charge is 0.376 e. The Balaban J connectivity index is 1.79. The maximum Gasteiger partial charge on any atom is 0.271 e. The van der Waals surface area contributed by atoms with E-state index in [-0.39, 0.29) is 18.1 Å². The van der Waals surface area contributed by atoms with E-state index in [1.54, 1.807) is 6.07 Å². The van der Waals surface area contributed by atoms with Crippen LogP contribution in [-0.2, 0) is 11.2 Å². The molecule has 2 N–H and O–H groups in total. The number of anilines is 1. The van der Waals surface area contributed by atoms with Crippen molar-refractivity contribution in [2.75, 3.05) is 18.4 Å². The van der Waals surface area contributed by atoms with Crippen LogP contribution in [0.4, 0.5) is 11.4 Å². The maximum atomic E-state index is 12.0. The van der Waals surface area contributed by atoms with Gasteiger partial charge in [0.25, 0.3) is 5.69 Å². The molecule has 0 fully saturated rings. The summed E-state index contributed by atoms with van der Waals surface area (Å²) in [5, 5.41) is 16.7. The summed E-state index contributed by atoms with van der Waals surface area (Å²) >= 11 is 0. The van der Waals surface area contributed by atoms with Crippen LogP contribution in [0.3, 0.4) is 0 Å². The number of benzene rings is 2. The summed E-state index contributed by atoms with van der Waals surface area (Å²) in [6, 6.07) is 13.0. The molecular weight excluding hydrogens is 330 g/mol. The minimum atomic E-state index is -0.449. The van der Waals surface area contributed by atoms with Crippen molar-refractivity contribution in [3.8, 4) is 0 Å². The Bertz CT molecular complexity index is 770. The molecule has 1 amide bonds. The first-order valence-electron chi connectivity index (χ1n) is 8.71. The summed E-state index contributed by atoms with van der Waals surface area (Å²) < 4.78 is 0. The Morgan fingerprint density at radius 1 is 1.15 bits per heavy atom. The summed E-state index contributed by atoms with van der Waals surface area (Å²) in [7, 11) is 0.